The number of alkyl carbamates (subject to hydrolysis) is 1. The number of nitrogens with two attached hydrogens (primary N) is 1. The smallest absolute Gasteiger partial charge is 0.407 e. The fourth-order valence-electron chi connectivity index (χ4n) is 2.79. The predicted octanol–water partition coefficient (Wildman–Crippen LogP) is 1.57. The van der Waals surface area contributed by atoms with Gasteiger partial charge in [0, 0.05) is 32.2 Å². The monoisotopic (exact) mass is 398 g/mol. The molecule has 0 saturated carbocycles. The second-order valence-electron chi connectivity index (χ2n) is 7.41. The zero-order chi connectivity index (χ0) is 20.0. The van der Waals surface area contributed by atoms with E-state index in [1.54, 1.807) is 26.8 Å². The highest BCUT2D eigenvalue weighted by molar-refractivity contribution is 6.29. The molecule has 2 rings (SSSR count). The molecular weight excluding hydrogens is 372 g/mol. The number of halogens is 1. The number of amides is 2. The van der Waals surface area contributed by atoms with Crippen LogP contribution in [0.5, 0.6) is 0 Å². The number of hydrogen-bond donors (Lipinski definition) is 3. The van der Waals surface area contributed by atoms with E-state index >= 15 is 0 Å². The maximum absolute atomic E-state index is 12.4. The lowest BCUT2D eigenvalue weighted by Gasteiger charge is -2.33. The van der Waals surface area contributed by atoms with E-state index in [2.05, 4.69) is 20.6 Å². The van der Waals surface area contributed by atoms with Gasteiger partial charge in [-0.25, -0.2) is 9.78 Å². The van der Waals surface area contributed by atoms with E-state index in [9.17, 15) is 9.59 Å². The second kappa shape index (κ2) is 9.07. The fourth-order valence-corrected chi connectivity index (χ4v) is 2.98. The van der Waals surface area contributed by atoms with Crippen LogP contribution in [-0.2, 0) is 9.53 Å². The average Bonchev–Trinajstić information content (AvgIpc) is 2.56. The normalized spacial score (nSPS) is 17.3. The Morgan fingerprint density at radius 1 is 1.33 bits per heavy atom. The molecule has 0 aromatic carbocycles. The molecule has 27 heavy (non-hydrogen) atoms. The van der Waals surface area contributed by atoms with Crippen molar-refractivity contribution in [1.29, 1.82) is 0 Å². The molecule has 0 radical (unpaired) electrons. The Morgan fingerprint density at radius 3 is 2.70 bits per heavy atom. The van der Waals surface area contributed by atoms with E-state index in [1.807, 2.05) is 4.90 Å². The van der Waals surface area contributed by atoms with Crippen LogP contribution in [0.1, 0.15) is 33.6 Å². The van der Waals surface area contributed by atoms with Crippen molar-refractivity contribution in [2.45, 2.75) is 39.2 Å². The van der Waals surface area contributed by atoms with Crippen LogP contribution in [0.15, 0.2) is 6.07 Å². The van der Waals surface area contributed by atoms with Gasteiger partial charge in [-0.2, -0.15) is 4.98 Å². The largest absolute Gasteiger partial charge is 0.444 e. The number of hydrogen-bond acceptors (Lipinski definition) is 7. The Bertz CT molecular complexity index is 659. The number of rotatable bonds is 5. The van der Waals surface area contributed by atoms with Crippen LogP contribution in [0.4, 0.5) is 16.6 Å². The van der Waals surface area contributed by atoms with Gasteiger partial charge in [-0.15, -0.1) is 0 Å². The van der Waals surface area contributed by atoms with Gasteiger partial charge in [0.05, 0.1) is 5.92 Å². The zero-order valence-corrected chi connectivity index (χ0v) is 16.7. The number of nitrogen functional groups attached to an aromatic ring is 1. The standard InChI is InChI=1S/C17H27ClN6O3/c1-17(2,3)27-16(26)21-7-6-20-14(25)11-5-4-8-24(10-11)13-9-12(18)22-15(19)23-13/h9,11H,4-8,10H2,1-3H3,(H,20,25)(H,21,26)(H2,19,22,23). The first-order chi connectivity index (χ1) is 12.6. The average molecular weight is 399 g/mol. The molecule has 1 aromatic heterocycles. The third-order valence-corrected chi connectivity index (χ3v) is 4.10. The topological polar surface area (TPSA) is 122 Å². The summed E-state index contributed by atoms with van der Waals surface area (Å²) in [5, 5.41) is 5.73. The van der Waals surface area contributed by atoms with Gasteiger partial charge in [-0.3, -0.25) is 4.79 Å². The lowest BCUT2D eigenvalue weighted by molar-refractivity contribution is -0.125. The number of carbonyl (C=O) groups is 2. The van der Waals surface area contributed by atoms with Crippen molar-refractivity contribution in [3.63, 3.8) is 0 Å². The number of nitrogens with zero attached hydrogens (tertiary/aromatic N) is 3. The van der Waals surface area contributed by atoms with Gasteiger partial charge >= 0.3 is 6.09 Å². The molecule has 1 fully saturated rings. The predicted molar refractivity (Wildman–Crippen MR) is 104 cm³/mol. The Labute approximate surface area is 164 Å². The van der Waals surface area contributed by atoms with Gasteiger partial charge in [0.2, 0.25) is 11.9 Å². The van der Waals surface area contributed by atoms with E-state index in [-0.39, 0.29) is 22.9 Å². The summed E-state index contributed by atoms with van der Waals surface area (Å²) in [4.78, 5) is 34.0. The summed E-state index contributed by atoms with van der Waals surface area (Å²) < 4.78 is 5.14. The van der Waals surface area contributed by atoms with E-state index < -0.39 is 11.7 Å². The molecule has 2 amide bonds. The fraction of sp³-hybridized carbons (Fsp3) is 0.647. The third kappa shape index (κ3) is 7.09. The third-order valence-electron chi connectivity index (χ3n) is 3.91. The number of aromatic nitrogens is 2. The van der Waals surface area contributed by atoms with Gasteiger partial charge in [0.15, 0.2) is 0 Å². The molecular formula is C17H27ClN6O3. The molecule has 10 heteroatoms. The highest BCUT2D eigenvalue weighted by Gasteiger charge is 2.26. The van der Waals surface area contributed by atoms with Gasteiger partial charge in [0.1, 0.15) is 16.6 Å². The highest BCUT2D eigenvalue weighted by atomic mass is 35.5. The van der Waals surface area contributed by atoms with Crippen molar-refractivity contribution >= 4 is 35.4 Å². The molecule has 1 atom stereocenters. The molecule has 150 valence electrons. The summed E-state index contributed by atoms with van der Waals surface area (Å²) in [6, 6.07) is 1.64. The Kier molecular flexibility index (Phi) is 7.06. The van der Waals surface area contributed by atoms with Crippen molar-refractivity contribution in [1.82, 2.24) is 20.6 Å². The molecule has 1 unspecified atom stereocenters. The van der Waals surface area contributed by atoms with Crippen LogP contribution < -0.4 is 21.3 Å². The molecule has 0 spiro atoms. The highest BCUT2D eigenvalue weighted by Crippen LogP contribution is 2.24. The van der Waals surface area contributed by atoms with Crippen LogP contribution in [0.3, 0.4) is 0 Å². The zero-order valence-electron chi connectivity index (χ0n) is 15.9. The minimum atomic E-state index is -0.549. The lowest BCUT2D eigenvalue weighted by atomic mass is 9.97. The van der Waals surface area contributed by atoms with Crippen molar-refractivity contribution in [3.8, 4) is 0 Å². The summed E-state index contributed by atoms with van der Waals surface area (Å²) in [6.07, 6.45) is 1.14. The minimum Gasteiger partial charge on any atom is -0.444 e. The minimum absolute atomic E-state index is 0.0567. The van der Waals surface area contributed by atoms with Crippen LogP contribution in [-0.4, -0.2) is 53.7 Å². The summed E-state index contributed by atoms with van der Waals surface area (Å²) in [5.74, 6) is 0.503. The number of piperidine rings is 1. The van der Waals surface area contributed by atoms with Crippen LogP contribution in [0.25, 0.3) is 0 Å². The molecule has 1 aliphatic heterocycles. The molecule has 1 aromatic rings. The van der Waals surface area contributed by atoms with E-state index in [0.29, 0.717) is 25.5 Å². The van der Waals surface area contributed by atoms with Crippen LogP contribution in [0.2, 0.25) is 5.15 Å². The molecule has 1 aliphatic rings. The summed E-state index contributed by atoms with van der Waals surface area (Å²) in [6.45, 7) is 7.32. The van der Waals surface area contributed by atoms with E-state index in [0.717, 1.165) is 19.4 Å². The van der Waals surface area contributed by atoms with Crippen molar-refractivity contribution in [3.05, 3.63) is 11.2 Å². The number of carbonyl (C=O) groups excluding carboxylic acids is 2. The van der Waals surface area contributed by atoms with Crippen molar-refractivity contribution in [2.75, 3.05) is 36.8 Å². The quantitative estimate of drug-likeness (QED) is 0.508. The Morgan fingerprint density at radius 2 is 2.04 bits per heavy atom. The van der Waals surface area contributed by atoms with Gasteiger partial charge < -0.3 is 26.0 Å². The molecule has 9 nitrogen and oxygen atoms in total. The molecule has 0 bridgehead atoms. The summed E-state index contributed by atoms with van der Waals surface area (Å²) in [7, 11) is 0. The van der Waals surface area contributed by atoms with E-state index in [1.165, 1.54) is 0 Å². The first kappa shape index (κ1) is 21.0. The first-order valence-corrected chi connectivity index (χ1v) is 9.31. The molecule has 1 saturated heterocycles. The number of ether oxygens (including phenoxy) is 1. The van der Waals surface area contributed by atoms with Crippen LogP contribution in [0, 0.1) is 5.92 Å². The summed E-state index contributed by atoms with van der Waals surface area (Å²) >= 11 is 5.94. The molecule has 0 aliphatic carbocycles. The molecule has 2 heterocycles. The van der Waals surface area contributed by atoms with Gasteiger partial charge in [-0.1, -0.05) is 11.6 Å². The Balaban J connectivity index is 1.78. The number of anilines is 2. The maximum Gasteiger partial charge on any atom is 0.407 e. The van der Waals surface area contributed by atoms with Gasteiger partial charge in [-0.05, 0) is 33.6 Å². The van der Waals surface area contributed by atoms with Crippen LogP contribution >= 0.6 is 11.6 Å². The number of nitrogens with one attached hydrogen (secondary N) is 2. The van der Waals surface area contributed by atoms with E-state index in [4.69, 9.17) is 22.1 Å². The van der Waals surface area contributed by atoms with Gasteiger partial charge in [0.25, 0.3) is 0 Å². The Hall–Kier alpha value is -2.29. The van der Waals surface area contributed by atoms with Crippen molar-refractivity contribution < 1.29 is 14.3 Å². The van der Waals surface area contributed by atoms with Crippen molar-refractivity contribution in [2.24, 2.45) is 5.92 Å². The molecule has 4 N–H and O–H groups in total. The maximum atomic E-state index is 12.4. The lowest BCUT2D eigenvalue weighted by Crippen LogP contribution is -2.45. The SMILES string of the molecule is CC(C)(C)OC(=O)NCCNC(=O)C1CCCN(c2cc(Cl)nc(N)n2)C1. The summed E-state index contributed by atoms with van der Waals surface area (Å²) in [5.41, 5.74) is 5.10. The first-order valence-electron chi connectivity index (χ1n) is 8.93. The second-order valence-corrected chi connectivity index (χ2v) is 7.80.